The minimum absolute atomic E-state index is 0.212. The monoisotopic (exact) mass is 449 g/mol. The summed E-state index contributed by atoms with van der Waals surface area (Å²) in [6.45, 7) is 0.0774. The zero-order valence-electron chi connectivity index (χ0n) is 17.7. The van der Waals surface area contributed by atoms with E-state index in [4.69, 9.17) is 15.0 Å². The molecule has 0 spiro atoms. The van der Waals surface area contributed by atoms with Crippen molar-refractivity contribution in [1.29, 1.82) is 0 Å². The Morgan fingerprint density at radius 2 is 1.97 bits per heavy atom. The number of hydrogen-bond acceptors (Lipinski definition) is 6. The summed E-state index contributed by atoms with van der Waals surface area (Å²) < 4.78 is 12.8. The summed E-state index contributed by atoms with van der Waals surface area (Å²) >= 11 is 0. The number of ether oxygens (including phenoxy) is 2. The Labute approximate surface area is 188 Å². The first-order chi connectivity index (χ1) is 16.1. The maximum absolute atomic E-state index is 12.4. The molecule has 1 saturated heterocycles. The lowest BCUT2D eigenvalue weighted by atomic mass is 10.1. The first-order valence-electron chi connectivity index (χ1n) is 10.5. The molecule has 0 bridgehead atoms. The molecular formula is C23H23N5O5. The van der Waals surface area contributed by atoms with Gasteiger partial charge in [0.2, 0.25) is 0 Å². The average molecular weight is 449 g/mol. The highest BCUT2D eigenvalue weighted by molar-refractivity contribution is 5.32. The highest BCUT2D eigenvalue weighted by Gasteiger charge is 2.35. The Hall–Kier alpha value is -3.85. The van der Waals surface area contributed by atoms with Crippen LogP contribution < -0.4 is 16.0 Å². The number of nitrogens with zero attached hydrogens (tertiary/aromatic N) is 4. The number of nitrogens with one attached hydrogen (secondary N) is 1. The van der Waals surface area contributed by atoms with Gasteiger partial charge in [-0.1, -0.05) is 47.6 Å². The number of aromatic amines is 1. The smallest absolute Gasteiger partial charge is 0.330 e. The molecule has 170 valence electrons. The van der Waals surface area contributed by atoms with Crippen LogP contribution in [-0.4, -0.2) is 33.4 Å². The van der Waals surface area contributed by atoms with Crippen molar-refractivity contribution >= 4 is 0 Å². The van der Waals surface area contributed by atoms with Crippen LogP contribution in [0.3, 0.4) is 0 Å². The van der Waals surface area contributed by atoms with E-state index >= 15 is 0 Å². The number of aliphatic hydroxyl groups is 1. The van der Waals surface area contributed by atoms with Gasteiger partial charge in [-0.25, -0.2) is 4.79 Å². The van der Waals surface area contributed by atoms with Gasteiger partial charge in [-0.05, 0) is 28.8 Å². The molecule has 1 aliphatic rings. The first kappa shape index (κ1) is 22.3. The van der Waals surface area contributed by atoms with Crippen LogP contribution in [0.1, 0.15) is 29.3 Å². The second kappa shape index (κ2) is 10.2. The summed E-state index contributed by atoms with van der Waals surface area (Å²) in [6.07, 6.45) is 0.460. The summed E-state index contributed by atoms with van der Waals surface area (Å²) in [5.41, 5.74) is 9.84. The first-order valence-corrected chi connectivity index (χ1v) is 10.5. The molecule has 1 aliphatic heterocycles. The topological polar surface area (TPSA) is 142 Å². The maximum atomic E-state index is 12.4. The van der Waals surface area contributed by atoms with Gasteiger partial charge in [-0.3, -0.25) is 14.3 Å². The molecule has 2 aromatic carbocycles. The molecule has 1 aromatic heterocycles. The molecule has 0 aliphatic carbocycles. The molecule has 0 saturated carbocycles. The minimum Gasteiger partial charge on any atom is -0.489 e. The number of H-pyrrole nitrogens is 1. The van der Waals surface area contributed by atoms with Gasteiger partial charge in [0.1, 0.15) is 18.6 Å². The fourth-order valence-corrected chi connectivity index (χ4v) is 3.81. The van der Waals surface area contributed by atoms with Gasteiger partial charge in [0.25, 0.3) is 5.56 Å². The second-order valence-corrected chi connectivity index (χ2v) is 7.74. The van der Waals surface area contributed by atoms with Gasteiger partial charge in [-0.15, -0.1) is 0 Å². The average Bonchev–Trinajstić information content (AvgIpc) is 3.23. The summed E-state index contributed by atoms with van der Waals surface area (Å²) in [6, 6.07) is 16.6. The Balaban J connectivity index is 1.53. The molecule has 3 atom stereocenters. The molecule has 10 heteroatoms. The normalized spacial score (nSPS) is 19.7. The third-order valence-electron chi connectivity index (χ3n) is 5.48. The summed E-state index contributed by atoms with van der Waals surface area (Å²) in [7, 11) is 0. The van der Waals surface area contributed by atoms with Crippen molar-refractivity contribution in [2.75, 3.05) is 6.61 Å². The third kappa shape index (κ3) is 5.32. The van der Waals surface area contributed by atoms with Crippen LogP contribution in [0.15, 0.2) is 75.5 Å². The molecule has 10 nitrogen and oxygen atoms in total. The summed E-state index contributed by atoms with van der Waals surface area (Å²) in [5.74, 6) is 0.670. The predicted molar refractivity (Wildman–Crippen MR) is 120 cm³/mol. The van der Waals surface area contributed by atoms with E-state index in [9.17, 15) is 14.7 Å². The van der Waals surface area contributed by atoms with E-state index in [-0.39, 0.29) is 19.4 Å². The van der Waals surface area contributed by atoms with E-state index in [2.05, 4.69) is 15.0 Å². The Bertz CT molecular complexity index is 1270. The summed E-state index contributed by atoms with van der Waals surface area (Å²) in [4.78, 5) is 29.9. The van der Waals surface area contributed by atoms with Crippen molar-refractivity contribution in [3.63, 3.8) is 0 Å². The number of hydrogen-bond donors (Lipinski definition) is 2. The molecule has 0 amide bonds. The van der Waals surface area contributed by atoms with Crippen molar-refractivity contribution in [3.05, 3.63) is 109 Å². The van der Waals surface area contributed by atoms with Gasteiger partial charge < -0.3 is 14.6 Å². The van der Waals surface area contributed by atoms with E-state index in [0.29, 0.717) is 17.9 Å². The van der Waals surface area contributed by atoms with Crippen LogP contribution in [0.4, 0.5) is 0 Å². The van der Waals surface area contributed by atoms with Crippen molar-refractivity contribution in [3.8, 4) is 5.75 Å². The Morgan fingerprint density at radius 3 is 2.73 bits per heavy atom. The maximum Gasteiger partial charge on any atom is 0.330 e. The zero-order chi connectivity index (χ0) is 23.2. The Morgan fingerprint density at radius 1 is 1.18 bits per heavy atom. The highest BCUT2D eigenvalue weighted by atomic mass is 16.5. The summed E-state index contributed by atoms with van der Waals surface area (Å²) in [5, 5.41) is 13.1. The van der Waals surface area contributed by atoms with Crippen molar-refractivity contribution < 1.29 is 14.6 Å². The van der Waals surface area contributed by atoms with Crippen molar-refractivity contribution in [2.45, 2.75) is 37.8 Å². The quantitative estimate of drug-likeness (QED) is 0.309. The van der Waals surface area contributed by atoms with E-state index in [0.717, 1.165) is 11.1 Å². The number of azide groups is 1. The molecule has 3 aromatic rings. The molecule has 2 heterocycles. The molecule has 0 unspecified atom stereocenters. The van der Waals surface area contributed by atoms with Crippen molar-refractivity contribution in [2.24, 2.45) is 5.11 Å². The van der Waals surface area contributed by atoms with Gasteiger partial charge in [-0.2, -0.15) is 0 Å². The standard InChI is InChI=1S/C23H23N5O5/c24-27-26-19-11-21(33-20(19)13-29)28-12-17(22(30)25-23(28)31)9-16-7-4-8-18(10-16)32-14-15-5-2-1-3-6-15/h1-8,10,12,19-21,29H,9,11,13-14H2,(H,25,30,31)/t19-,20-,21-/m1/s1. The van der Waals surface area contributed by atoms with Crippen LogP contribution in [0.2, 0.25) is 0 Å². The van der Waals surface area contributed by atoms with E-state index < -0.39 is 29.6 Å². The van der Waals surface area contributed by atoms with Crippen LogP contribution in [0, 0.1) is 0 Å². The van der Waals surface area contributed by atoms with Gasteiger partial charge in [0, 0.05) is 29.5 Å². The fraction of sp³-hybridized carbons (Fsp3) is 0.304. The molecule has 1 fully saturated rings. The second-order valence-electron chi connectivity index (χ2n) is 7.74. The van der Waals surface area contributed by atoms with Gasteiger partial charge in [0.05, 0.1) is 18.8 Å². The number of rotatable bonds is 8. The molecule has 33 heavy (non-hydrogen) atoms. The zero-order valence-corrected chi connectivity index (χ0v) is 17.7. The highest BCUT2D eigenvalue weighted by Crippen LogP contribution is 2.30. The SMILES string of the molecule is [N-]=[N+]=N[C@@H]1C[C@H](n2cc(Cc3cccc(OCc4ccccc4)c3)c(=O)[nH]c2=O)O[C@@H]1CO. The minimum atomic E-state index is -0.763. The molecule has 4 rings (SSSR count). The van der Waals surface area contributed by atoms with Crippen LogP contribution in [-0.2, 0) is 17.8 Å². The lowest BCUT2D eigenvalue weighted by Gasteiger charge is -2.15. The van der Waals surface area contributed by atoms with E-state index in [1.54, 1.807) is 0 Å². The fourth-order valence-electron chi connectivity index (χ4n) is 3.81. The Kier molecular flexibility index (Phi) is 6.89. The van der Waals surface area contributed by atoms with Crippen molar-refractivity contribution in [1.82, 2.24) is 9.55 Å². The lowest BCUT2D eigenvalue weighted by Crippen LogP contribution is -2.34. The number of aromatic nitrogens is 2. The van der Waals surface area contributed by atoms with Crippen LogP contribution in [0.25, 0.3) is 10.4 Å². The number of aliphatic hydroxyl groups excluding tert-OH is 1. The number of benzene rings is 2. The third-order valence-corrected chi connectivity index (χ3v) is 5.48. The van der Waals surface area contributed by atoms with E-state index in [1.807, 2.05) is 54.6 Å². The molecular weight excluding hydrogens is 426 g/mol. The predicted octanol–water partition coefficient (Wildman–Crippen LogP) is 2.67. The van der Waals surface area contributed by atoms with Gasteiger partial charge in [0.15, 0.2) is 0 Å². The van der Waals surface area contributed by atoms with Crippen LogP contribution in [0.5, 0.6) is 5.75 Å². The van der Waals surface area contributed by atoms with Gasteiger partial charge >= 0.3 is 5.69 Å². The largest absolute Gasteiger partial charge is 0.489 e. The molecule has 2 N–H and O–H groups in total. The van der Waals surface area contributed by atoms with E-state index in [1.165, 1.54) is 10.8 Å². The lowest BCUT2D eigenvalue weighted by molar-refractivity contribution is -0.0271. The molecule has 0 radical (unpaired) electrons. The van der Waals surface area contributed by atoms with Crippen LogP contribution >= 0.6 is 0 Å².